The Balaban J connectivity index is 1.21. The molecule has 6 nitrogen and oxygen atoms in total. The van der Waals surface area contributed by atoms with Gasteiger partial charge in [0.15, 0.2) is 6.10 Å². The number of aryl methyl sites for hydroxylation is 2. The van der Waals surface area contributed by atoms with Gasteiger partial charge < -0.3 is 15.4 Å². The summed E-state index contributed by atoms with van der Waals surface area (Å²) in [5.74, 6) is 1.39. The molecule has 4 fully saturated rings. The fraction of sp³-hybridized carbons (Fsp3) is 0.640. The van der Waals surface area contributed by atoms with Gasteiger partial charge in [-0.05, 0) is 88.7 Å². The van der Waals surface area contributed by atoms with Crippen molar-refractivity contribution in [1.82, 2.24) is 5.32 Å². The number of carbonyl (C=O) groups excluding carboxylic acids is 3. The lowest BCUT2D eigenvalue weighted by Gasteiger charge is -2.55. The average Bonchev–Trinajstić information content (AvgIpc) is 2.68. The van der Waals surface area contributed by atoms with Crippen LogP contribution in [0, 0.1) is 37.0 Å². The largest absolute Gasteiger partial charge is 0.452 e. The summed E-state index contributed by atoms with van der Waals surface area (Å²) in [6.45, 7) is 5.73. The molecule has 0 saturated heterocycles. The molecule has 0 spiro atoms. The molecular formula is C25H34N2O4. The molecule has 6 heteroatoms. The van der Waals surface area contributed by atoms with Crippen LogP contribution in [0.15, 0.2) is 18.2 Å². The monoisotopic (exact) mass is 426 g/mol. The van der Waals surface area contributed by atoms with Gasteiger partial charge in [-0.3, -0.25) is 14.4 Å². The zero-order chi connectivity index (χ0) is 22.2. The number of amides is 2. The van der Waals surface area contributed by atoms with Crippen molar-refractivity contribution in [1.29, 1.82) is 0 Å². The Labute approximate surface area is 184 Å². The first-order valence-electron chi connectivity index (χ1n) is 11.6. The quantitative estimate of drug-likeness (QED) is 0.648. The van der Waals surface area contributed by atoms with Gasteiger partial charge in [-0.15, -0.1) is 0 Å². The summed E-state index contributed by atoms with van der Waals surface area (Å²) >= 11 is 0. The Bertz CT molecular complexity index is 843. The summed E-state index contributed by atoms with van der Waals surface area (Å²) < 4.78 is 5.28. The molecule has 4 aliphatic rings. The molecule has 31 heavy (non-hydrogen) atoms. The maximum atomic E-state index is 12.9. The molecule has 4 saturated carbocycles. The number of benzene rings is 1. The van der Waals surface area contributed by atoms with Gasteiger partial charge in [0.2, 0.25) is 5.91 Å². The minimum atomic E-state index is -0.896. The molecule has 1 atom stereocenters. The average molecular weight is 427 g/mol. The molecule has 1 aromatic carbocycles. The Hall–Kier alpha value is -2.37. The number of hydrogen-bond acceptors (Lipinski definition) is 4. The van der Waals surface area contributed by atoms with Crippen LogP contribution < -0.4 is 10.6 Å². The third kappa shape index (κ3) is 4.78. The summed E-state index contributed by atoms with van der Waals surface area (Å²) in [5, 5.41) is 5.79. The molecule has 0 radical (unpaired) electrons. The van der Waals surface area contributed by atoms with Crippen molar-refractivity contribution in [3.8, 4) is 0 Å². The van der Waals surface area contributed by atoms with Gasteiger partial charge in [0, 0.05) is 17.6 Å². The minimum absolute atomic E-state index is 0.0687. The van der Waals surface area contributed by atoms with Crippen molar-refractivity contribution in [3.05, 3.63) is 29.3 Å². The maximum Gasteiger partial charge on any atom is 0.308 e. The van der Waals surface area contributed by atoms with Crippen LogP contribution in [0.25, 0.3) is 0 Å². The number of hydrogen-bond donors (Lipinski definition) is 2. The molecule has 2 amide bonds. The third-order valence-corrected chi connectivity index (χ3v) is 7.45. The van der Waals surface area contributed by atoms with Gasteiger partial charge in [-0.2, -0.15) is 0 Å². The van der Waals surface area contributed by atoms with Crippen molar-refractivity contribution in [2.24, 2.45) is 23.2 Å². The fourth-order valence-electron chi connectivity index (χ4n) is 6.35. The smallest absolute Gasteiger partial charge is 0.308 e. The molecule has 4 bridgehead atoms. The second-order valence-corrected chi connectivity index (χ2v) is 10.1. The SMILES string of the molecule is Cc1ccc(NC(=O)[C@H](C)OC(=O)CCNC(=O)C23CC4CC(CC(C4)C2)C3)c(C)c1. The molecule has 1 aromatic rings. The van der Waals surface area contributed by atoms with E-state index in [0.717, 1.165) is 30.4 Å². The van der Waals surface area contributed by atoms with E-state index in [1.165, 1.54) is 19.3 Å². The second kappa shape index (κ2) is 8.64. The molecule has 0 heterocycles. The Morgan fingerprint density at radius 3 is 2.26 bits per heavy atom. The van der Waals surface area contributed by atoms with Crippen LogP contribution >= 0.6 is 0 Å². The van der Waals surface area contributed by atoms with E-state index in [9.17, 15) is 14.4 Å². The van der Waals surface area contributed by atoms with Crippen molar-refractivity contribution in [2.45, 2.75) is 71.8 Å². The standard InChI is InChI=1S/C25H34N2O4/c1-15-4-5-21(16(2)8-15)27-23(29)17(3)31-22(28)6-7-26-24(30)25-12-18-9-19(13-25)11-20(10-18)14-25/h4-5,8,17-20H,6-7,9-14H2,1-3H3,(H,26,30)(H,27,29)/t17-,18?,19?,20?,25?/m0/s1. The van der Waals surface area contributed by atoms with Crippen molar-refractivity contribution < 1.29 is 19.1 Å². The lowest BCUT2D eigenvalue weighted by atomic mass is 9.49. The van der Waals surface area contributed by atoms with Gasteiger partial charge in [-0.25, -0.2) is 0 Å². The summed E-state index contributed by atoms with van der Waals surface area (Å²) in [7, 11) is 0. The first-order chi connectivity index (χ1) is 14.7. The Morgan fingerprint density at radius 1 is 1.06 bits per heavy atom. The normalized spacial score (nSPS) is 29.3. The van der Waals surface area contributed by atoms with E-state index in [2.05, 4.69) is 10.6 Å². The predicted octanol–water partition coefficient (Wildman–Crippen LogP) is 3.90. The van der Waals surface area contributed by atoms with Crippen LogP contribution in [0.5, 0.6) is 0 Å². The van der Waals surface area contributed by atoms with Crippen LogP contribution in [0.4, 0.5) is 5.69 Å². The zero-order valence-corrected chi connectivity index (χ0v) is 18.8. The summed E-state index contributed by atoms with van der Waals surface area (Å²) in [6.07, 6.45) is 6.06. The highest BCUT2D eigenvalue weighted by molar-refractivity contribution is 5.95. The highest BCUT2D eigenvalue weighted by Gasteiger charge is 2.54. The van der Waals surface area contributed by atoms with Crippen molar-refractivity contribution >= 4 is 23.5 Å². The number of ether oxygens (including phenoxy) is 1. The summed E-state index contributed by atoms with van der Waals surface area (Å²) in [6, 6.07) is 5.75. The summed E-state index contributed by atoms with van der Waals surface area (Å²) in [4.78, 5) is 37.5. The van der Waals surface area contributed by atoms with E-state index in [1.807, 2.05) is 32.0 Å². The minimum Gasteiger partial charge on any atom is -0.452 e. The van der Waals surface area contributed by atoms with Gasteiger partial charge >= 0.3 is 5.97 Å². The number of esters is 1. The molecule has 0 aromatic heterocycles. The van der Waals surface area contributed by atoms with Gasteiger partial charge in [0.1, 0.15) is 0 Å². The molecule has 5 rings (SSSR count). The van der Waals surface area contributed by atoms with E-state index in [4.69, 9.17) is 4.74 Å². The van der Waals surface area contributed by atoms with Gasteiger partial charge in [0.05, 0.1) is 6.42 Å². The summed E-state index contributed by atoms with van der Waals surface area (Å²) in [5.41, 5.74) is 2.57. The third-order valence-electron chi connectivity index (χ3n) is 7.45. The zero-order valence-electron chi connectivity index (χ0n) is 18.8. The molecule has 168 valence electrons. The van der Waals surface area contributed by atoms with Crippen LogP contribution in [0.2, 0.25) is 0 Å². The van der Waals surface area contributed by atoms with E-state index >= 15 is 0 Å². The second-order valence-electron chi connectivity index (χ2n) is 10.1. The number of nitrogens with one attached hydrogen (secondary N) is 2. The fourth-order valence-corrected chi connectivity index (χ4v) is 6.35. The van der Waals surface area contributed by atoms with Gasteiger partial charge in [-0.1, -0.05) is 17.7 Å². The Morgan fingerprint density at radius 2 is 1.68 bits per heavy atom. The molecule has 2 N–H and O–H groups in total. The number of anilines is 1. The molecule has 0 unspecified atom stereocenters. The van der Waals surface area contributed by atoms with Crippen molar-refractivity contribution in [2.75, 3.05) is 11.9 Å². The van der Waals surface area contributed by atoms with E-state index in [1.54, 1.807) is 6.92 Å². The number of rotatable bonds is 7. The first kappa shape index (κ1) is 21.8. The van der Waals surface area contributed by atoms with Crippen molar-refractivity contribution in [3.63, 3.8) is 0 Å². The van der Waals surface area contributed by atoms with Crippen LogP contribution in [0.1, 0.15) is 63.0 Å². The topological polar surface area (TPSA) is 84.5 Å². The van der Waals surface area contributed by atoms with E-state index in [0.29, 0.717) is 23.4 Å². The van der Waals surface area contributed by atoms with Gasteiger partial charge in [0.25, 0.3) is 5.91 Å². The van der Waals surface area contributed by atoms with Crippen LogP contribution in [0.3, 0.4) is 0 Å². The van der Waals surface area contributed by atoms with E-state index in [-0.39, 0.29) is 30.2 Å². The van der Waals surface area contributed by atoms with Crippen LogP contribution in [-0.4, -0.2) is 30.4 Å². The highest BCUT2D eigenvalue weighted by Crippen LogP contribution is 2.60. The molecule has 4 aliphatic carbocycles. The van der Waals surface area contributed by atoms with Crippen LogP contribution in [-0.2, 0) is 19.1 Å². The predicted molar refractivity (Wildman–Crippen MR) is 118 cm³/mol. The highest BCUT2D eigenvalue weighted by atomic mass is 16.5. The molecular weight excluding hydrogens is 392 g/mol. The lowest BCUT2D eigenvalue weighted by Crippen LogP contribution is -2.53. The first-order valence-corrected chi connectivity index (χ1v) is 11.6. The Kier molecular flexibility index (Phi) is 6.09. The lowest BCUT2D eigenvalue weighted by molar-refractivity contribution is -0.153. The van der Waals surface area contributed by atoms with E-state index < -0.39 is 12.1 Å². The maximum absolute atomic E-state index is 12.9. The molecule has 0 aliphatic heterocycles. The number of carbonyl (C=O) groups is 3.